The molecule has 150 valence electrons. The number of esters is 1. The smallest absolute Gasteiger partial charge is 0.309 e. The first-order chi connectivity index (χ1) is 13.3. The average molecular weight is 385 g/mol. The third-order valence-electron chi connectivity index (χ3n) is 4.03. The minimum absolute atomic E-state index is 0.0663. The lowest BCUT2D eigenvalue weighted by molar-refractivity contribution is -0.147. The number of hydrogen-bond donors (Lipinski definition) is 1. The van der Waals surface area contributed by atoms with Gasteiger partial charge in [-0.3, -0.25) is 9.59 Å². The summed E-state index contributed by atoms with van der Waals surface area (Å²) in [4.78, 5) is 23.6. The van der Waals surface area contributed by atoms with E-state index in [1.807, 2.05) is 24.3 Å². The third kappa shape index (κ3) is 6.95. The van der Waals surface area contributed by atoms with Crippen molar-refractivity contribution in [2.45, 2.75) is 32.6 Å². The molecule has 0 aliphatic heterocycles. The van der Waals surface area contributed by atoms with Crippen LogP contribution < -0.4 is 14.8 Å². The molecule has 28 heavy (non-hydrogen) atoms. The van der Waals surface area contributed by atoms with Gasteiger partial charge < -0.3 is 19.5 Å². The van der Waals surface area contributed by atoms with Crippen molar-refractivity contribution in [3.63, 3.8) is 0 Å². The van der Waals surface area contributed by atoms with E-state index in [0.29, 0.717) is 17.2 Å². The van der Waals surface area contributed by atoms with Crippen LogP contribution in [0, 0.1) is 0 Å². The molecule has 2 aromatic carbocycles. The van der Waals surface area contributed by atoms with Gasteiger partial charge in [-0.1, -0.05) is 32.9 Å². The van der Waals surface area contributed by atoms with Gasteiger partial charge in [0.2, 0.25) is 0 Å². The Morgan fingerprint density at radius 2 is 1.54 bits per heavy atom. The molecule has 2 rings (SSSR count). The molecule has 0 bridgehead atoms. The van der Waals surface area contributed by atoms with E-state index in [1.165, 1.54) is 5.56 Å². The molecular weight excluding hydrogens is 358 g/mol. The molecule has 0 atom stereocenters. The molecule has 0 radical (unpaired) electrons. The molecule has 0 aliphatic carbocycles. The topological polar surface area (TPSA) is 73.9 Å². The first-order valence-corrected chi connectivity index (χ1v) is 9.11. The fourth-order valence-electron chi connectivity index (χ4n) is 2.39. The summed E-state index contributed by atoms with van der Waals surface area (Å²) in [7, 11) is 1.57. The van der Waals surface area contributed by atoms with Gasteiger partial charge in [-0.25, -0.2) is 0 Å². The Hall–Kier alpha value is -3.02. The molecule has 1 amide bonds. The summed E-state index contributed by atoms with van der Waals surface area (Å²) in [6.07, 6.45) is 0.0663. The number of carbonyl (C=O) groups is 2. The molecule has 0 saturated carbocycles. The van der Waals surface area contributed by atoms with Crippen molar-refractivity contribution in [3.8, 4) is 11.5 Å². The predicted molar refractivity (Wildman–Crippen MR) is 108 cm³/mol. The highest BCUT2D eigenvalue weighted by atomic mass is 16.5. The first-order valence-electron chi connectivity index (χ1n) is 9.11. The molecule has 0 aliphatic rings. The highest BCUT2D eigenvalue weighted by Gasteiger charge is 2.13. The molecule has 6 nitrogen and oxygen atoms in total. The summed E-state index contributed by atoms with van der Waals surface area (Å²) >= 11 is 0. The maximum atomic E-state index is 11.8. The van der Waals surface area contributed by atoms with E-state index in [0.717, 1.165) is 0 Å². The molecule has 0 spiro atoms. The van der Waals surface area contributed by atoms with Gasteiger partial charge in [0.05, 0.1) is 20.1 Å². The first kappa shape index (κ1) is 21.3. The molecule has 6 heteroatoms. The summed E-state index contributed by atoms with van der Waals surface area (Å²) in [5.41, 5.74) is 1.89. The van der Waals surface area contributed by atoms with Gasteiger partial charge in [0.15, 0.2) is 6.61 Å². The lowest BCUT2D eigenvalue weighted by Gasteiger charge is -2.19. The van der Waals surface area contributed by atoms with Gasteiger partial charge in [0, 0.05) is 5.69 Å². The lowest BCUT2D eigenvalue weighted by Crippen LogP contribution is -2.21. The predicted octanol–water partition coefficient (Wildman–Crippen LogP) is 3.94. The highest BCUT2D eigenvalue weighted by Crippen LogP contribution is 2.24. The summed E-state index contributed by atoms with van der Waals surface area (Å²) in [5, 5.41) is 2.64. The maximum Gasteiger partial charge on any atom is 0.309 e. The quantitative estimate of drug-likeness (QED) is 0.697. The Labute approximate surface area is 165 Å². The van der Waals surface area contributed by atoms with Crippen LogP contribution in [-0.4, -0.2) is 32.2 Å². The second kappa shape index (κ2) is 9.78. The van der Waals surface area contributed by atoms with Crippen molar-refractivity contribution in [3.05, 3.63) is 54.1 Å². The zero-order valence-electron chi connectivity index (χ0n) is 16.8. The Balaban J connectivity index is 1.67. The minimum Gasteiger partial charge on any atom is -0.497 e. The van der Waals surface area contributed by atoms with Crippen LogP contribution in [0.3, 0.4) is 0 Å². The van der Waals surface area contributed by atoms with Crippen molar-refractivity contribution >= 4 is 17.6 Å². The van der Waals surface area contributed by atoms with Gasteiger partial charge in [0.1, 0.15) is 11.5 Å². The molecule has 0 heterocycles. The zero-order valence-corrected chi connectivity index (χ0v) is 16.8. The molecule has 0 fully saturated rings. The van der Waals surface area contributed by atoms with Crippen molar-refractivity contribution in [1.82, 2.24) is 0 Å². The fourth-order valence-corrected chi connectivity index (χ4v) is 2.39. The Kier molecular flexibility index (Phi) is 7.44. The number of nitrogens with one attached hydrogen (secondary N) is 1. The number of benzene rings is 2. The SMILES string of the molecule is COc1ccc(NC(=O)COC(=O)CCOc2ccc(C(C)(C)C)cc2)cc1. The van der Waals surface area contributed by atoms with E-state index in [-0.39, 0.29) is 25.0 Å². The van der Waals surface area contributed by atoms with Gasteiger partial charge >= 0.3 is 5.97 Å². The van der Waals surface area contributed by atoms with Crippen LogP contribution in [0.15, 0.2) is 48.5 Å². The average Bonchev–Trinajstić information content (AvgIpc) is 2.67. The van der Waals surface area contributed by atoms with Crippen molar-refractivity contribution in [1.29, 1.82) is 0 Å². The van der Waals surface area contributed by atoms with Gasteiger partial charge in [-0.15, -0.1) is 0 Å². The van der Waals surface area contributed by atoms with Crippen LogP contribution >= 0.6 is 0 Å². The number of methoxy groups -OCH3 is 1. The largest absolute Gasteiger partial charge is 0.497 e. The Morgan fingerprint density at radius 3 is 2.11 bits per heavy atom. The Morgan fingerprint density at radius 1 is 0.929 bits per heavy atom. The Bertz CT molecular complexity index is 776. The van der Waals surface area contributed by atoms with Crippen LogP contribution in [0.1, 0.15) is 32.8 Å². The molecule has 2 aromatic rings. The molecule has 0 unspecified atom stereocenters. The zero-order chi connectivity index (χ0) is 20.6. The third-order valence-corrected chi connectivity index (χ3v) is 4.03. The lowest BCUT2D eigenvalue weighted by atomic mass is 9.87. The number of amides is 1. The van der Waals surface area contributed by atoms with Crippen LogP contribution in [0.5, 0.6) is 11.5 Å². The fraction of sp³-hybridized carbons (Fsp3) is 0.364. The number of rotatable bonds is 8. The monoisotopic (exact) mass is 385 g/mol. The highest BCUT2D eigenvalue weighted by molar-refractivity contribution is 5.92. The molecule has 0 aromatic heterocycles. The normalized spacial score (nSPS) is 10.9. The number of carbonyl (C=O) groups excluding carboxylic acids is 2. The molecule has 1 N–H and O–H groups in total. The number of ether oxygens (including phenoxy) is 3. The number of hydrogen-bond acceptors (Lipinski definition) is 5. The maximum absolute atomic E-state index is 11.8. The summed E-state index contributed by atoms with van der Waals surface area (Å²) in [6.45, 7) is 6.27. The molecular formula is C22H27NO5. The van der Waals surface area contributed by atoms with Crippen LogP contribution in [0.25, 0.3) is 0 Å². The van der Waals surface area contributed by atoms with E-state index in [4.69, 9.17) is 14.2 Å². The van der Waals surface area contributed by atoms with E-state index in [2.05, 4.69) is 26.1 Å². The second-order valence-electron chi connectivity index (χ2n) is 7.31. The standard InChI is InChI=1S/C22H27NO5/c1-22(2,3)16-5-9-19(10-6-16)27-14-13-21(25)28-15-20(24)23-17-7-11-18(26-4)12-8-17/h5-12H,13-15H2,1-4H3,(H,23,24). The van der Waals surface area contributed by atoms with Gasteiger partial charge in [-0.05, 0) is 47.4 Å². The molecule has 0 saturated heterocycles. The summed E-state index contributed by atoms with van der Waals surface area (Å²) in [5.74, 6) is 0.490. The summed E-state index contributed by atoms with van der Waals surface area (Å²) in [6, 6.07) is 14.7. The van der Waals surface area contributed by atoms with E-state index in [1.54, 1.807) is 31.4 Å². The number of anilines is 1. The van der Waals surface area contributed by atoms with Crippen molar-refractivity contribution < 1.29 is 23.8 Å². The van der Waals surface area contributed by atoms with E-state index in [9.17, 15) is 9.59 Å². The second-order valence-corrected chi connectivity index (χ2v) is 7.31. The van der Waals surface area contributed by atoms with Crippen LogP contribution in [0.2, 0.25) is 0 Å². The van der Waals surface area contributed by atoms with Gasteiger partial charge in [-0.2, -0.15) is 0 Å². The van der Waals surface area contributed by atoms with Crippen LogP contribution in [0.4, 0.5) is 5.69 Å². The van der Waals surface area contributed by atoms with Gasteiger partial charge in [0.25, 0.3) is 5.91 Å². The van der Waals surface area contributed by atoms with Crippen molar-refractivity contribution in [2.75, 3.05) is 25.6 Å². The minimum atomic E-state index is -0.490. The van der Waals surface area contributed by atoms with E-state index < -0.39 is 11.9 Å². The van der Waals surface area contributed by atoms with Crippen LogP contribution in [-0.2, 0) is 19.7 Å². The van der Waals surface area contributed by atoms with Crippen molar-refractivity contribution in [2.24, 2.45) is 0 Å². The van der Waals surface area contributed by atoms with E-state index >= 15 is 0 Å². The summed E-state index contributed by atoms with van der Waals surface area (Å²) < 4.78 is 15.6.